The molecule has 0 fully saturated rings. The molecule has 0 saturated carbocycles. The highest BCUT2D eigenvalue weighted by atomic mass is 79.9. The molecule has 0 radical (unpaired) electrons. The first-order valence-electron chi connectivity index (χ1n) is 11.5. The number of aromatic nitrogens is 2. The van der Waals surface area contributed by atoms with Crippen LogP contribution in [0, 0.1) is 0 Å². The van der Waals surface area contributed by atoms with E-state index in [4.69, 9.17) is 0 Å². The Kier molecular flexibility index (Phi) is 7.77. The summed E-state index contributed by atoms with van der Waals surface area (Å²) in [6, 6.07) is 41.8. The summed E-state index contributed by atoms with van der Waals surface area (Å²) in [4.78, 5) is 4.50. The minimum Gasteiger partial charge on any atom is -1.00 e. The van der Waals surface area contributed by atoms with Gasteiger partial charge in [0.1, 0.15) is 23.2 Å². The van der Waals surface area contributed by atoms with Crippen LogP contribution in [0.3, 0.4) is 0 Å². The molecule has 0 amide bonds. The normalized spacial score (nSPS) is 11.1. The van der Waals surface area contributed by atoms with Gasteiger partial charge in [0.15, 0.2) is 0 Å². The van der Waals surface area contributed by atoms with Crippen molar-refractivity contribution >= 4 is 23.2 Å². The maximum atomic E-state index is 4.50. The first kappa shape index (κ1) is 24.1. The minimum atomic E-state index is -1.77. The molecular formula is C30H28BrN2P. The Morgan fingerprint density at radius 1 is 0.676 bits per heavy atom. The van der Waals surface area contributed by atoms with Crippen molar-refractivity contribution in [2.45, 2.75) is 13.5 Å². The zero-order valence-electron chi connectivity index (χ0n) is 19.3. The Morgan fingerprint density at radius 2 is 1.24 bits per heavy atom. The van der Waals surface area contributed by atoms with E-state index in [9.17, 15) is 0 Å². The SMILES string of the molecule is CC[P+](c1ccccc1)(c1ccccc1)c1cccc(-c2cncn2Cc2ccccc2)c1.[Br-]. The third-order valence-electron chi connectivity index (χ3n) is 6.36. The Morgan fingerprint density at radius 3 is 1.82 bits per heavy atom. The summed E-state index contributed by atoms with van der Waals surface area (Å²) in [7, 11) is -1.77. The molecule has 0 aliphatic carbocycles. The van der Waals surface area contributed by atoms with Gasteiger partial charge in [-0.1, -0.05) is 78.9 Å². The van der Waals surface area contributed by atoms with Gasteiger partial charge in [0, 0.05) is 12.1 Å². The molecule has 0 bridgehead atoms. The van der Waals surface area contributed by atoms with Gasteiger partial charge in [-0.15, -0.1) is 0 Å². The standard InChI is InChI=1S/C30H28N2P.BrH/c1-2-33(27-16-8-4-9-17-27,28-18-10-5-11-19-28)29-20-12-15-26(21-29)30-22-31-24-32(30)23-25-13-6-3-7-14-25;/h3-22,24H,2,23H2,1H3;1H/q+1;/p-1. The summed E-state index contributed by atoms with van der Waals surface area (Å²) in [5.41, 5.74) is 3.64. The van der Waals surface area contributed by atoms with E-state index in [1.54, 1.807) is 0 Å². The lowest BCUT2D eigenvalue weighted by Crippen LogP contribution is -3.00. The van der Waals surface area contributed by atoms with Crippen LogP contribution < -0.4 is 32.9 Å². The third kappa shape index (κ3) is 4.64. The van der Waals surface area contributed by atoms with Crippen LogP contribution in [0.4, 0.5) is 0 Å². The highest BCUT2D eigenvalue weighted by molar-refractivity contribution is 7.95. The Hall–Kier alpha value is -3.00. The zero-order valence-corrected chi connectivity index (χ0v) is 21.7. The molecule has 0 N–H and O–H groups in total. The molecule has 34 heavy (non-hydrogen) atoms. The molecule has 5 rings (SSSR count). The third-order valence-corrected chi connectivity index (χ3v) is 10.8. The predicted octanol–water partition coefficient (Wildman–Crippen LogP) is 2.92. The average molecular weight is 527 g/mol. The molecule has 1 heterocycles. The van der Waals surface area contributed by atoms with E-state index in [0.29, 0.717) is 0 Å². The lowest BCUT2D eigenvalue weighted by atomic mass is 10.1. The Bertz CT molecular complexity index is 1280. The Labute approximate surface area is 213 Å². The first-order valence-corrected chi connectivity index (χ1v) is 13.4. The molecule has 4 heteroatoms. The Balaban J connectivity index is 0.00000274. The topological polar surface area (TPSA) is 17.8 Å². The fourth-order valence-corrected chi connectivity index (χ4v) is 8.78. The second-order valence-corrected chi connectivity index (χ2v) is 12.0. The molecular weight excluding hydrogens is 499 g/mol. The van der Waals surface area contributed by atoms with Gasteiger partial charge >= 0.3 is 0 Å². The van der Waals surface area contributed by atoms with E-state index < -0.39 is 7.26 Å². The predicted molar refractivity (Wildman–Crippen MR) is 142 cm³/mol. The van der Waals surface area contributed by atoms with Crippen LogP contribution in [-0.4, -0.2) is 15.7 Å². The number of rotatable bonds is 7. The van der Waals surface area contributed by atoms with Crippen molar-refractivity contribution < 1.29 is 17.0 Å². The molecule has 1 aromatic heterocycles. The van der Waals surface area contributed by atoms with Gasteiger partial charge in [-0.05, 0) is 48.9 Å². The van der Waals surface area contributed by atoms with Gasteiger partial charge in [-0.25, -0.2) is 4.98 Å². The van der Waals surface area contributed by atoms with Crippen LogP contribution in [0.5, 0.6) is 0 Å². The maximum Gasteiger partial charge on any atom is 0.111 e. The fourth-order valence-electron chi connectivity index (χ4n) is 4.73. The van der Waals surface area contributed by atoms with Crippen LogP contribution in [0.25, 0.3) is 11.3 Å². The summed E-state index contributed by atoms with van der Waals surface area (Å²) in [5, 5.41) is 4.26. The number of benzene rings is 4. The van der Waals surface area contributed by atoms with E-state index >= 15 is 0 Å². The van der Waals surface area contributed by atoms with Crippen molar-refractivity contribution in [3.05, 3.63) is 133 Å². The summed E-state index contributed by atoms with van der Waals surface area (Å²) in [6.45, 7) is 3.14. The molecule has 0 saturated heterocycles. The van der Waals surface area contributed by atoms with Gasteiger partial charge in [0.05, 0.1) is 24.4 Å². The molecule has 4 aromatic carbocycles. The number of imidazole rings is 1. The number of hydrogen-bond donors (Lipinski definition) is 0. The van der Waals surface area contributed by atoms with E-state index in [2.05, 4.69) is 132 Å². The smallest absolute Gasteiger partial charge is 0.111 e. The second kappa shape index (κ2) is 11.0. The molecule has 0 aliphatic heterocycles. The zero-order chi connectivity index (χ0) is 22.5. The van der Waals surface area contributed by atoms with Gasteiger partial charge in [0.25, 0.3) is 0 Å². The van der Waals surface area contributed by atoms with Crippen LogP contribution in [0.1, 0.15) is 12.5 Å². The molecule has 0 spiro atoms. The highest BCUT2D eigenvalue weighted by Crippen LogP contribution is 2.55. The van der Waals surface area contributed by atoms with Gasteiger partial charge in [0.2, 0.25) is 0 Å². The number of nitrogens with zero attached hydrogens (tertiary/aromatic N) is 2. The molecule has 2 nitrogen and oxygen atoms in total. The van der Waals surface area contributed by atoms with Crippen molar-refractivity contribution in [3.63, 3.8) is 0 Å². The molecule has 0 aliphatic rings. The van der Waals surface area contributed by atoms with Crippen LogP contribution in [-0.2, 0) is 6.54 Å². The maximum absolute atomic E-state index is 4.50. The largest absolute Gasteiger partial charge is 1.00 e. The summed E-state index contributed by atoms with van der Waals surface area (Å²) in [6.07, 6.45) is 5.00. The summed E-state index contributed by atoms with van der Waals surface area (Å²) in [5.74, 6) is 0. The first-order chi connectivity index (χ1) is 16.3. The highest BCUT2D eigenvalue weighted by Gasteiger charge is 2.43. The fraction of sp³-hybridized carbons (Fsp3) is 0.100. The quantitative estimate of drug-likeness (QED) is 0.298. The molecule has 5 aromatic rings. The van der Waals surface area contributed by atoms with E-state index in [1.165, 1.54) is 27.0 Å². The molecule has 170 valence electrons. The van der Waals surface area contributed by atoms with E-state index in [1.807, 2.05) is 12.5 Å². The summed E-state index contributed by atoms with van der Waals surface area (Å²) < 4.78 is 2.24. The van der Waals surface area contributed by atoms with Crippen molar-refractivity contribution in [2.24, 2.45) is 0 Å². The van der Waals surface area contributed by atoms with Crippen LogP contribution >= 0.6 is 7.26 Å². The minimum absolute atomic E-state index is 0. The van der Waals surface area contributed by atoms with Crippen molar-refractivity contribution in [2.75, 3.05) is 6.16 Å². The van der Waals surface area contributed by atoms with Crippen molar-refractivity contribution in [1.82, 2.24) is 9.55 Å². The number of hydrogen-bond acceptors (Lipinski definition) is 1. The van der Waals surface area contributed by atoms with Gasteiger partial charge in [-0.3, -0.25) is 0 Å². The lowest BCUT2D eigenvalue weighted by molar-refractivity contribution is -0.00000648. The molecule has 0 atom stereocenters. The van der Waals surface area contributed by atoms with E-state index in [-0.39, 0.29) is 17.0 Å². The summed E-state index contributed by atoms with van der Waals surface area (Å²) >= 11 is 0. The van der Waals surface area contributed by atoms with Gasteiger partial charge < -0.3 is 21.5 Å². The van der Waals surface area contributed by atoms with E-state index in [0.717, 1.165) is 18.4 Å². The van der Waals surface area contributed by atoms with Crippen LogP contribution in [0.15, 0.2) is 128 Å². The van der Waals surface area contributed by atoms with Gasteiger partial charge in [-0.2, -0.15) is 0 Å². The van der Waals surface area contributed by atoms with Crippen molar-refractivity contribution in [1.29, 1.82) is 0 Å². The number of halogens is 1. The van der Waals surface area contributed by atoms with Crippen molar-refractivity contribution in [3.8, 4) is 11.3 Å². The van der Waals surface area contributed by atoms with Crippen LogP contribution in [0.2, 0.25) is 0 Å². The average Bonchev–Trinajstić information content (AvgIpc) is 3.35. The lowest BCUT2D eigenvalue weighted by Gasteiger charge is -2.26. The molecule has 0 unspecified atom stereocenters. The second-order valence-electron chi connectivity index (χ2n) is 8.24. The monoisotopic (exact) mass is 526 g/mol.